The molecule has 0 aliphatic heterocycles. The van der Waals surface area contributed by atoms with Crippen LogP contribution in [0.2, 0.25) is 0 Å². The second-order valence-electron chi connectivity index (χ2n) is 4.95. The number of fused-ring (bicyclic) bond motifs is 2. The summed E-state index contributed by atoms with van der Waals surface area (Å²) in [5.41, 5.74) is 9.71. The van der Waals surface area contributed by atoms with Gasteiger partial charge in [-0.1, -0.05) is 49.7 Å². The summed E-state index contributed by atoms with van der Waals surface area (Å²) in [5.74, 6) is 0. The van der Waals surface area contributed by atoms with Gasteiger partial charge in [-0.3, -0.25) is 0 Å². The van der Waals surface area contributed by atoms with Crippen LogP contribution in [0.25, 0.3) is 21.8 Å². The number of benzene rings is 2. The number of rotatable bonds is 3. The number of para-hydroxylation sites is 2. The van der Waals surface area contributed by atoms with E-state index in [4.69, 9.17) is 10.7 Å². The van der Waals surface area contributed by atoms with Crippen LogP contribution < -0.4 is 5.73 Å². The Labute approximate surface area is 113 Å². The van der Waals surface area contributed by atoms with Crippen LogP contribution in [0.3, 0.4) is 0 Å². The smallest absolute Gasteiger partial charge is 0.0713 e. The Morgan fingerprint density at radius 2 is 1.47 bits per heavy atom. The molecular formula is C17H18N2. The largest absolute Gasteiger partial charge is 0.324 e. The maximum absolute atomic E-state index is 6.41. The molecule has 0 spiro atoms. The van der Waals surface area contributed by atoms with Crippen molar-refractivity contribution in [3.8, 4) is 0 Å². The van der Waals surface area contributed by atoms with E-state index in [1.165, 1.54) is 16.3 Å². The molecule has 3 rings (SSSR count). The molecule has 1 unspecified atom stereocenters. The van der Waals surface area contributed by atoms with Gasteiger partial charge in [-0.2, -0.15) is 0 Å². The summed E-state index contributed by atoms with van der Waals surface area (Å²) < 4.78 is 0. The maximum Gasteiger partial charge on any atom is 0.0713 e. The van der Waals surface area contributed by atoms with Gasteiger partial charge in [-0.25, -0.2) is 4.98 Å². The monoisotopic (exact) mass is 250 g/mol. The molecule has 0 radical (unpaired) electrons. The van der Waals surface area contributed by atoms with E-state index in [0.717, 1.165) is 23.9 Å². The molecular weight excluding hydrogens is 232 g/mol. The quantitative estimate of drug-likeness (QED) is 0.708. The predicted molar refractivity (Wildman–Crippen MR) is 81.1 cm³/mol. The molecule has 0 saturated carbocycles. The number of nitrogens with zero attached hydrogens (tertiary/aromatic N) is 1. The first-order chi connectivity index (χ1) is 9.31. The fourth-order valence-electron chi connectivity index (χ4n) is 2.73. The minimum atomic E-state index is 0.0720. The summed E-state index contributed by atoms with van der Waals surface area (Å²) >= 11 is 0. The molecule has 3 aromatic rings. The molecule has 96 valence electrons. The van der Waals surface area contributed by atoms with E-state index in [1.54, 1.807) is 0 Å². The van der Waals surface area contributed by atoms with E-state index >= 15 is 0 Å². The van der Waals surface area contributed by atoms with Gasteiger partial charge >= 0.3 is 0 Å². The number of nitrogens with two attached hydrogens (primary N) is 1. The molecule has 0 saturated heterocycles. The van der Waals surface area contributed by atoms with Gasteiger partial charge in [0.25, 0.3) is 0 Å². The van der Waals surface area contributed by atoms with E-state index in [1.807, 2.05) is 12.1 Å². The van der Waals surface area contributed by atoms with Crippen LogP contribution in [0.1, 0.15) is 31.4 Å². The molecule has 0 bridgehead atoms. The third kappa shape index (κ3) is 2.08. The van der Waals surface area contributed by atoms with Crippen LogP contribution in [0, 0.1) is 0 Å². The van der Waals surface area contributed by atoms with Gasteiger partial charge in [0.2, 0.25) is 0 Å². The zero-order valence-electron chi connectivity index (χ0n) is 11.1. The molecule has 2 heteroatoms. The lowest BCUT2D eigenvalue weighted by Gasteiger charge is -2.16. The lowest BCUT2D eigenvalue weighted by atomic mass is 9.94. The standard InChI is InChI=1S/C17H18N2/c1-2-7-14(18)17-12-8-3-5-10-15(12)19-16-11-6-4-9-13(16)17/h3-6,8-11,14H,2,7,18H2,1H3. The molecule has 19 heavy (non-hydrogen) atoms. The maximum atomic E-state index is 6.41. The normalized spacial score (nSPS) is 12.9. The Bertz CT molecular complexity index is 665. The van der Waals surface area contributed by atoms with Gasteiger partial charge in [0, 0.05) is 16.8 Å². The number of pyridine rings is 1. The Morgan fingerprint density at radius 1 is 0.947 bits per heavy atom. The first-order valence-corrected chi connectivity index (χ1v) is 6.84. The highest BCUT2D eigenvalue weighted by Crippen LogP contribution is 2.31. The Hall–Kier alpha value is -1.93. The Balaban J connectivity index is 2.39. The van der Waals surface area contributed by atoms with Crippen LogP contribution in [0.4, 0.5) is 0 Å². The molecule has 1 aromatic heterocycles. The third-order valence-electron chi connectivity index (χ3n) is 3.60. The fraction of sp³-hybridized carbons (Fsp3) is 0.235. The molecule has 0 aliphatic rings. The lowest BCUT2D eigenvalue weighted by molar-refractivity contribution is 0.646. The molecule has 1 atom stereocenters. The number of aromatic nitrogens is 1. The highest BCUT2D eigenvalue weighted by Gasteiger charge is 2.14. The molecule has 2 aromatic carbocycles. The summed E-state index contributed by atoms with van der Waals surface area (Å²) in [6.07, 6.45) is 2.09. The minimum Gasteiger partial charge on any atom is -0.324 e. The molecule has 0 fully saturated rings. The SMILES string of the molecule is CCCC(N)c1c2ccccc2nc2ccccc12. The van der Waals surface area contributed by atoms with Gasteiger partial charge in [-0.15, -0.1) is 0 Å². The summed E-state index contributed by atoms with van der Waals surface area (Å²) in [6, 6.07) is 16.6. The summed E-state index contributed by atoms with van der Waals surface area (Å²) in [7, 11) is 0. The highest BCUT2D eigenvalue weighted by atomic mass is 14.7. The summed E-state index contributed by atoms with van der Waals surface area (Å²) in [5, 5.41) is 2.37. The van der Waals surface area contributed by atoms with Crippen molar-refractivity contribution < 1.29 is 0 Å². The predicted octanol–water partition coefficient (Wildman–Crippen LogP) is 4.19. The van der Waals surface area contributed by atoms with E-state index in [-0.39, 0.29) is 6.04 Å². The van der Waals surface area contributed by atoms with Gasteiger partial charge in [0.1, 0.15) is 0 Å². The van der Waals surface area contributed by atoms with Crippen molar-refractivity contribution in [2.45, 2.75) is 25.8 Å². The van der Waals surface area contributed by atoms with Crippen LogP contribution in [0.5, 0.6) is 0 Å². The second-order valence-corrected chi connectivity index (χ2v) is 4.95. The first-order valence-electron chi connectivity index (χ1n) is 6.84. The molecule has 0 aliphatic carbocycles. The van der Waals surface area contributed by atoms with Crippen molar-refractivity contribution >= 4 is 21.8 Å². The summed E-state index contributed by atoms with van der Waals surface area (Å²) in [4.78, 5) is 4.73. The Morgan fingerprint density at radius 3 is 2.00 bits per heavy atom. The zero-order chi connectivity index (χ0) is 13.2. The van der Waals surface area contributed by atoms with Crippen LogP contribution in [0.15, 0.2) is 48.5 Å². The fourth-order valence-corrected chi connectivity index (χ4v) is 2.73. The summed E-state index contributed by atoms with van der Waals surface area (Å²) in [6.45, 7) is 2.17. The van der Waals surface area contributed by atoms with E-state index in [2.05, 4.69) is 43.3 Å². The van der Waals surface area contributed by atoms with Crippen molar-refractivity contribution in [1.82, 2.24) is 4.98 Å². The average molecular weight is 250 g/mol. The molecule has 2 nitrogen and oxygen atoms in total. The second kappa shape index (κ2) is 4.98. The van der Waals surface area contributed by atoms with Crippen molar-refractivity contribution in [3.63, 3.8) is 0 Å². The minimum absolute atomic E-state index is 0.0720. The zero-order valence-corrected chi connectivity index (χ0v) is 11.1. The van der Waals surface area contributed by atoms with Gasteiger partial charge in [-0.05, 0) is 24.1 Å². The topological polar surface area (TPSA) is 38.9 Å². The van der Waals surface area contributed by atoms with E-state index in [9.17, 15) is 0 Å². The van der Waals surface area contributed by atoms with Gasteiger partial charge < -0.3 is 5.73 Å². The van der Waals surface area contributed by atoms with Gasteiger partial charge in [0.15, 0.2) is 0 Å². The lowest BCUT2D eigenvalue weighted by Crippen LogP contribution is -2.11. The number of hydrogen-bond donors (Lipinski definition) is 1. The molecule has 2 N–H and O–H groups in total. The molecule has 1 heterocycles. The van der Waals surface area contributed by atoms with Crippen LogP contribution in [-0.2, 0) is 0 Å². The van der Waals surface area contributed by atoms with Crippen LogP contribution >= 0.6 is 0 Å². The van der Waals surface area contributed by atoms with Crippen molar-refractivity contribution in [2.75, 3.05) is 0 Å². The highest BCUT2D eigenvalue weighted by molar-refractivity contribution is 5.97. The molecule has 0 amide bonds. The van der Waals surface area contributed by atoms with E-state index < -0.39 is 0 Å². The van der Waals surface area contributed by atoms with Crippen LogP contribution in [-0.4, -0.2) is 4.98 Å². The van der Waals surface area contributed by atoms with Gasteiger partial charge in [0.05, 0.1) is 11.0 Å². The first kappa shape index (κ1) is 12.1. The van der Waals surface area contributed by atoms with Crippen molar-refractivity contribution in [3.05, 3.63) is 54.1 Å². The third-order valence-corrected chi connectivity index (χ3v) is 3.60. The van der Waals surface area contributed by atoms with Crippen molar-refractivity contribution in [2.24, 2.45) is 5.73 Å². The average Bonchev–Trinajstić information content (AvgIpc) is 2.44. The number of hydrogen-bond acceptors (Lipinski definition) is 2. The Kier molecular flexibility index (Phi) is 3.18. The van der Waals surface area contributed by atoms with E-state index in [0.29, 0.717) is 0 Å². The van der Waals surface area contributed by atoms with Crippen molar-refractivity contribution in [1.29, 1.82) is 0 Å².